The van der Waals surface area contributed by atoms with Crippen molar-refractivity contribution in [3.8, 4) is 0 Å². The van der Waals surface area contributed by atoms with Crippen LogP contribution in [-0.2, 0) is 11.3 Å². The van der Waals surface area contributed by atoms with E-state index in [0.717, 1.165) is 53.2 Å². The third-order valence-corrected chi connectivity index (χ3v) is 5.72. The molecular formula is C19H19BrN8O. The molecule has 148 valence electrons. The Kier molecular flexibility index (Phi) is 4.62. The summed E-state index contributed by atoms with van der Waals surface area (Å²) in [5, 5.41) is 15.4. The van der Waals surface area contributed by atoms with Crippen LogP contribution in [0, 0.1) is 5.92 Å². The number of pyridine rings is 1. The summed E-state index contributed by atoms with van der Waals surface area (Å²) >= 11 is 3.45. The molecule has 0 aliphatic carbocycles. The van der Waals surface area contributed by atoms with Crippen LogP contribution in [0.15, 0.2) is 47.5 Å². The van der Waals surface area contributed by atoms with E-state index >= 15 is 0 Å². The van der Waals surface area contributed by atoms with E-state index in [0.29, 0.717) is 6.54 Å². The van der Waals surface area contributed by atoms with Crippen LogP contribution >= 0.6 is 15.9 Å². The fraction of sp³-hybridized carbons (Fsp3) is 0.316. The average molecular weight is 455 g/mol. The molecular weight excluding hydrogens is 436 g/mol. The molecule has 1 fully saturated rings. The summed E-state index contributed by atoms with van der Waals surface area (Å²) < 4.78 is 4.60. The van der Waals surface area contributed by atoms with Crippen LogP contribution in [0.2, 0.25) is 0 Å². The Morgan fingerprint density at radius 1 is 1.14 bits per heavy atom. The number of amides is 1. The van der Waals surface area contributed by atoms with E-state index in [1.165, 1.54) is 0 Å². The lowest BCUT2D eigenvalue weighted by Crippen LogP contribution is -2.40. The summed E-state index contributed by atoms with van der Waals surface area (Å²) in [6, 6.07) is 7.75. The molecule has 1 aliphatic heterocycles. The Morgan fingerprint density at radius 2 is 1.97 bits per heavy atom. The van der Waals surface area contributed by atoms with E-state index in [1.807, 2.05) is 41.1 Å². The van der Waals surface area contributed by atoms with Crippen LogP contribution in [0.5, 0.6) is 0 Å². The lowest BCUT2D eigenvalue weighted by molar-refractivity contribution is -0.125. The number of piperidine rings is 1. The summed E-state index contributed by atoms with van der Waals surface area (Å²) in [6.07, 6.45) is 7.08. The minimum Gasteiger partial charge on any atom is -0.355 e. The van der Waals surface area contributed by atoms with Crippen molar-refractivity contribution in [3.05, 3.63) is 53.2 Å². The first kappa shape index (κ1) is 18.0. The predicted molar refractivity (Wildman–Crippen MR) is 110 cm³/mol. The van der Waals surface area contributed by atoms with Gasteiger partial charge in [-0.1, -0.05) is 0 Å². The van der Waals surface area contributed by atoms with Crippen molar-refractivity contribution in [1.29, 1.82) is 0 Å². The van der Waals surface area contributed by atoms with E-state index < -0.39 is 0 Å². The molecule has 1 saturated heterocycles. The van der Waals surface area contributed by atoms with Gasteiger partial charge in [0.25, 0.3) is 0 Å². The number of anilines is 1. The largest absolute Gasteiger partial charge is 0.355 e. The topological polar surface area (TPSA) is 92.7 Å². The number of halogens is 1. The van der Waals surface area contributed by atoms with E-state index in [-0.39, 0.29) is 11.8 Å². The Bertz CT molecular complexity index is 1180. The quantitative estimate of drug-likeness (QED) is 0.507. The molecule has 0 aromatic carbocycles. The molecule has 0 unspecified atom stereocenters. The van der Waals surface area contributed by atoms with Crippen LogP contribution in [0.25, 0.3) is 11.3 Å². The maximum atomic E-state index is 12.6. The molecule has 29 heavy (non-hydrogen) atoms. The fourth-order valence-corrected chi connectivity index (χ4v) is 4.03. The van der Waals surface area contributed by atoms with Crippen molar-refractivity contribution in [1.82, 2.24) is 34.5 Å². The van der Waals surface area contributed by atoms with Gasteiger partial charge in [0.1, 0.15) is 17.8 Å². The number of rotatable bonds is 4. The standard InChI is InChI=1S/C19H19BrN8O/c20-14-1-2-16-23-15(11-27(16)10-14)9-21-19(29)13-5-7-26(8-6-13)18-4-3-17-24-22-12-28(17)25-18/h1-4,10-13H,5-9H2,(H,21,29). The molecule has 0 spiro atoms. The van der Waals surface area contributed by atoms with Gasteiger partial charge in [-0.05, 0) is 53.0 Å². The minimum absolute atomic E-state index is 0.0102. The number of hydrogen-bond donors (Lipinski definition) is 1. The lowest BCUT2D eigenvalue weighted by Gasteiger charge is -2.31. The number of fused-ring (bicyclic) bond motifs is 2. The van der Waals surface area contributed by atoms with Crippen molar-refractivity contribution < 1.29 is 4.79 Å². The van der Waals surface area contributed by atoms with E-state index in [2.05, 4.69) is 46.4 Å². The van der Waals surface area contributed by atoms with Crippen molar-refractivity contribution in [2.45, 2.75) is 19.4 Å². The zero-order valence-electron chi connectivity index (χ0n) is 15.6. The molecule has 10 heteroatoms. The van der Waals surface area contributed by atoms with Crippen molar-refractivity contribution in [2.24, 2.45) is 5.92 Å². The smallest absolute Gasteiger partial charge is 0.223 e. The highest BCUT2D eigenvalue weighted by Crippen LogP contribution is 2.22. The Balaban J connectivity index is 1.17. The Labute approximate surface area is 174 Å². The van der Waals surface area contributed by atoms with Gasteiger partial charge >= 0.3 is 0 Å². The van der Waals surface area contributed by atoms with Crippen molar-refractivity contribution in [2.75, 3.05) is 18.0 Å². The summed E-state index contributed by atoms with van der Waals surface area (Å²) in [4.78, 5) is 19.4. The summed E-state index contributed by atoms with van der Waals surface area (Å²) in [5.41, 5.74) is 2.44. The second-order valence-electron chi connectivity index (χ2n) is 7.15. The van der Waals surface area contributed by atoms with Gasteiger partial charge in [0, 0.05) is 35.9 Å². The molecule has 1 N–H and O–H groups in total. The third kappa shape index (κ3) is 3.67. The normalized spacial score (nSPS) is 15.3. The number of imidazole rings is 1. The van der Waals surface area contributed by atoms with Crippen LogP contribution in [0.1, 0.15) is 18.5 Å². The van der Waals surface area contributed by atoms with Gasteiger partial charge < -0.3 is 14.6 Å². The molecule has 4 aromatic rings. The van der Waals surface area contributed by atoms with Crippen molar-refractivity contribution in [3.63, 3.8) is 0 Å². The van der Waals surface area contributed by atoms with Crippen LogP contribution in [0.3, 0.4) is 0 Å². The highest BCUT2D eigenvalue weighted by atomic mass is 79.9. The average Bonchev–Trinajstić information content (AvgIpc) is 3.37. The van der Waals surface area contributed by atoms with Gasteiger partial charge in [-0.15, -0.1) is 15.3 Å². The number of hydrogen-bond acceptors (Lipinski definition) is 6. The van der Waals surface area contributed by atoms with E-state index in [9.17, 15) is 4.79 Å². The Morgan fingerprint density at radius 3 is 2.83 bits per heavy atom. The number of nitrogens with zero attached hydrogens (tertiary/aromatic N) is 7. The van der Waals surface area contributed by atoms with Gasteiger partial charge in [-0.25, -0.2) is 4.98 Å². The highest BCUT2D eigenvalue weighted by Gasteiger charge is 2.25. The first-order valence-electron chi connectivity index (χ1n) is 9.48. The summed E-state index contributed by atoms with van der Waals surface area (Å²) in [6.45, 7) is 2.02. The summed E-state index contributed by atoms with van der Waals surface area (Å²) in [7, 11) is 0. The number of nitrogens with one attached hydrogen (secondary N) is 1. The minimum atomic E-state index is 0.0102. The predicted octanol–water partition coefficient (Wildman–Crippen LogP) is 2.07. The second-order valence-corrected chi connectivity index (χ2v) is 8.07. The third-order valence-electron chi connectivity index (χ3n) is 5.25. The molecule has 1 amide bonds. The zero-order valence-corrected chi connectivity index (χ0v) is 17.2. The van der Waals surface area contributed by atoms with Gasteiger partial charge in [-0.3, -0.25) is 4.79 Å². The first-order chi connectivity index (χ1) is 14.2. The molecule has 9 nitrogen and oxygen atoms in total. The maximum Gasteiger partial charge on any atom is 0.223 e. The molecule has 5 rings (SSSR count). The monoisotopic (exact) mass is 454 g/mol. The van der Waals surface area contributed by atoms with Crippen LogP contribution in [0.4, 0.5) is 5.82 Å². The Hall–Kier alpha value is -3.01. The molecule has 4 aromatic heterocycles. The number of carbonyl (C=O) groups excluding carboxylic acids is 1. The molecule has 5 heterocycles. The molecule has 0 atom stereocenters. The van der Waals surface area contributed by atoms with Crippen molar-refractivity contribution >= 4 is 38.9 Å². The molecule has 0 saturated carbocycles. The van der Waals surface area contributed by atoms with Gasteiger partial charge in [0.2, 0.25) is 5.91 Å². The highest BCUT2D eigenvalue weighted by molar-refractivity contribution is 9.10. The van der Waals surface area contributed by atoms with Gasteiger partial charge in [-0.2, -0.15) is 4.52 Å². The van der Waals surface area contributed by atoms with Gasteiger partial charge in [0.05, 0.1) is 12.2 Å². The number of aromatic nitrogens is 6. The van der Waals surface area contributed by atoms with E-state index in [1.54, 1.807) is 10.8 Å². The molecule has 1 aliphatic rings. The molecule has 0 bridgehead atoms. The number of carbonyl (C=O) groups is 1. The SMILES string of the molecule is O=C(NCc1cn2cc(Br)ccc2n1)C1CCN(c2ccc3nncn3n2)CC1. The van der Waals surface area contributed by atoms with E-state index in [4.69, 9.17) is 0 Å². The van der Waals surface area contributed by atoms with Crippen LogP contribution < -0.4 is 10.2 Å². The first-order valence-corrected chi connectivity index (χ1v) is 10.3. The second kappa shape index (κ2) is 7.43. The molecule has 0 radical (unpaired) electrons. The van der Waals surface area contributed by atoms with Gasteiger partial charge in [0.15, 0.2) is 5.65 Å². The van der Waals surface area contributed by atoms with Crippen LogP contribution in [-0.4, -0.2) is 48.2 Å². The fourth-order valence-electron chi connectivity index (χ4n) is 3.68. The summed E-state index contributed by atoms with van der Waals surface area (Å²) in [5.74, 6) is 0.980. The maximum absolute atomic E-state index is 12.6. The zero-order chi connectivity index (χ0) is 19.8. The lowest BCUT2D eigenvalue weighted by atomic mass is 9.96.